The van der Waals surface area contributed by atoms with Gasteiger partial charge < -0.3 is 15.5 Å². The molecule has 1 aliphatic heterocycles. The lowest BCUT2D eigenvalue weighted by atomic mass is 10.0. The van der Waals surface area contributed by atoms with Gasteiger partial charge in [-0.05, 0) is 44.2 Å². The maximum absolute atomic E-state index is 12.3. The molecule has 1 atom stereocenters. The van der Waals surface area contributed by atoms with E-state index in [4.69, 9.17) is 0 Å². The molecular weight excluding hydrogens is 302 g/mol. The highest BCUT2D eigenvalue weighted by Crippen LogP contribution is 2.14. The minimum absolute atomic E-state index is 0.0307. The van der Waals surface area contributed by atoms with Gasteiger partial charge in [-0.3, -0.25) is 4.79 Å². The highest BCUT2D eigenvalue weighted by Gasteiger charge is 2.25. The molecule has 1 aromatic carbocycles. The molecular formula is C19H25N3O2. The first-order valence-electron chi connectivity index (χ1n) is 8.79. The van der Waals surface area contributed by atoms with Gasteiger partial charge >= 0.3 is 6.03 Å². The Morgan fingerprint density at radius 3 is 2.33 bits per heavy atom. The maximum atomic E-state index is 12.3. The monoisotopic (exact) mass is 327 g/mol. The van der Waals surface area contributed by atoms with Crippen LogP contribution in [-0.2, 0) is 0 Å². The number of likely N-dealkylation sites (tertiary alicyclic amines) is 1. The van der Waals surface area contributed by atoms with E-state index in [1.54, 1.807) is 0 Å². The Balaban J connectivity index is 1.43. The smallest absolute Gasteiger partial charge is 0.317 e. The zero-order valence-corrected chi connectivity index (χ0v) is 13.9. The summed E-state index contributed by atoms with van der Waals surface area (Å²) in [4.78, 5) is 26.4. The van der Waals surface area contributed by atoms with Crippen LogP contribution in [0.5, 0.6) is 0 Å². The van der Waals surface area contributed by atoms with Gasteiger partial charge in [0.25, 0.3) is 5.91 Å². The van der Waals surface area contributed by atoms with Crippen LogP contribution in [0.25, 0.3) is 0 Å². The van der Waals surface area contributed by atoms with Gasteiger partial charge in [-0.25, -0.2) is 4.79 Å². The summed E-state index contributed by atoms with van der Waals surface area (Å²) in [7, 11) is 0. The summed E-state index contributed by atoms with van der Waals surface area (Å²) in [5.74, 6) is -0.0347. The van der Waals surface area contributed by atoms with Crippen molar-refractivity contribution < 1.29 is 9.59 Å². The van der Waals surface area contributed by atoms with Gasteiger partial charge in [-0.1, -0.05) is 30.4 Å². The van der Waals surface area contributed by atoms with Crippen LogP contribution < -0.4 is 10.6 Å². The molecule has 1 unspecified atom stereocenters. The SMILES string of the molecule is O=C(NC1CCN(C(=O)NC2CC=CCC2)CC1)c1ccccc1. The minimum Gasteiger partial charge on any atom is -0.349 e. The van der Waals surface area contributed by atoms with Gasteiger partial charge in [-0.15, -0.1) is 0 Å². The number of nitrogens with zero attached hydrogens (tertiary/aromatic N) is 1. The summed E-state index contributed by atoms with van der Waals surface area (Å²) in [6.07, 6.45) is 8.90. The van der Waals surface area contributed by atoms with Crippen LogP contribution in [-0.4, -0.2) is 42.0 Å². The van der Waals surface area contributed by atoms with Crippen molar-refractivity contribution in [2.45, 2.75) is 44.2 Å². The van der Waals surface area contributed by atoms with Gasteiger partial charge in [0, 0.05) is 30.7 Å². The number of urea groups is 1. The fraction of sp³-hybridized carbons (Fsp3) is 0.474. The van der Waals surface area contributed by atoms with Crippen LogP contribution in [0.1, 0.15) is 42.5 Å². The molecule has 1 saturated heterocycles. The fourth-order valence-electron chi connectivity index (χ4n) is 3.28. The molecule has 128 valence electrons. The van der Waals surface area contributed by atoms with Gasteiger partial charge in [0.2, 0.25) is 0 Å². The van der Waals surface area contributed by atoms with Gasteiger partial charge in [0.15, 0.2) is 0 Å². The van der Waals surface area contributed by atoms with Crippen molar-refractivity contribution in [2.24, 2.45) is 0 Å². The zero-order chi connectivity index (χ0) is 16.8. The first-order chi connectivity index (χ1) is 11.7. The molecule has 2 N–H and O–H groups in total. The van der Waals surface area contributed by atoms with Crippen LogP contribution in [0, 0.1) is 0 Å². The highest BCUT2D eigenvalue weighted by molar-refractivity contribution is 5.94. The second kappa shape index (κ2) is 7.99. The van der Waals surface area contributed by atoms with Crippen molar-refractivity contribution in [3.63, 3.8) is 0 Å². The Bertz CT molecular complexity index is 592. The summed E-state index contributed by atoms with van der Waals surface area (Å²) in [5, 5.41) is 6.19. The number of hydrogen-bond donors (Lipinski definition) is 2. The molecule has 1 heterocycles. The van der Waals surface area contributed by atoms with Crippen molar-refractivity contribution >= 4 is 11.9 Å². The van der Waals surface area contributed by atoms with Gasteiger partial charge in [-0.2, -0.15) is 0 Å². The quantitative estimate of drug-likeness (QED) is 0.839. The number of nitrogens with one attached hydrogen (secondary N) is 2. The normalized spacial score (nSPS) is 21.3. The largest absolute Gasteiger partial charge is 0.349 e. The Hall–Kier alpha value is -2.30. The Morgan fingerprint density at radius 2 is 1.67 bits per heavy atom. The molecule has 1 aliphatic carbocycles. The number of amides is 3. The summed E-state index contributed by atoms with van der Waals surface area (Å²) < 4.78 is 0. The number of carbonyl (C=O) groups is 2. The predicted molar refractivity (Wildman–Crippen MR) is 93.8 cm³/mol. The van der Waals surface area contributed by atoms with Crippen LogP contribution in [0.3, 0.4) is 0 Å². The molecule has 3 rings (SSSR count). The van der Waals surface area contributed by atoms with E-state index in [1.807, 2.05) is 35.2 Å². The number of carbonyl (C=O) groups excluding carboxylic acids is 2. The van der Waals surface area contributed by atoms with Gasteiger partial charge in [0.1, 0.15) is 0 Å². The molecule has 1 fully saturated rings. The van der Waals surface area contributed by atoms with Crippen LogP contribution in [0.4, 0.5) is 4.79 Å². The van der Waals surface area contributed by atoms with E-state index in [1.165, 1.54) is 0 Å². The van der Waals surface area contributed by atoms with Crippen molar-refractivity contribution in [2.75, 3.05) is 13.1 Å². The number of benzene rings is 1. The summed E-state index contributed by atoms with van der Waals surface area (Å²) >= 11 is 0. The average Bonchev–Trinajstić information content (AvgIpc) is 2.64. The molecule has 0 spiro atoms. The van der Waals surface area contributed by atoms with E-state index >= 15 is 0 Å². The van der Waals surface area contributed by atoms with E-state index in [-0.39, 0.29) is 24.0 Å². The summed E-state index contributed by atoms with van der Waals surface area (Å²) in [6, 6.07) is 9.69. The highest BCUT2D eigenvalue weighted by atomic mass is 16.2. The Labute approximate surface area is 143 Å². The number of hydrogen-bond acceptors (Lipinski definition) is 2. The molecule has 24 heavy (non-hydrogen) atoms. The molecule has 5 heteroatoms. The van der Waals surface area contributed by atoms with E-state index in [0.29, 0.717) is 18.7 Å². The summed E-state index contributed by atoms with van der Waals surface area (Å²) in [5.41, 5.74) is 0.683. The molecule has 0 bridgehead atoms. The maximum Gasteiger partial charge on any atom is 0.317 e. The molecule has 3 amide bonds. The molecule has 5 nitrogen and oxygen atoms in total. The number of allylic oxidation sites excluding steroid dienone is 1. The first-order valence-corrected chi connectivity index (χ1v) is 8.79. The molecule has 0 saturated carbocycles. The Morgan fingerprint density at radius 1 is 0.917 bits per heavy atom. The number of piperidine rings is 1. The second-order valence-corrected chi connectivity index (χ2v) is 6.53. The predicted octanol–water partition coefficient (Wildman–Crippen LogP) is 2.70. The lowest BCUT2D eigenvalue weighted by Gasteiger charge is -2.33. The standard InChI is InChI=1S/C19H25N3O2/c23-18(15-7-3-1-4-8-15)20-17-11-13-22(14-12-17)19(24)21-16-9-5-2-6-10-16/h1-5,7-8,16-17H,6,9-14H2,(H,20,23)(H,21,24). The lowest BCUT2D eigenvalue weighted by Crippen LogP contribution is -2.51. The van der Waals surface area contributed by atoms with E-state index < -0.39 is 0 Å². The topological polar surface area (TPSA) is 61.4 Å². The molecule has 2 aliphatic rings. The van der Waals surface area contributed by atoms with E-state index in [0.717, 1.165) is 32.1 Å². The molecule has 0 aromatic heterocycles. The van der Waals surface area contributed by atoms with Crippen LogP contribution in [0.15, 0.2) is 42.5 Å². The van der Waals surface area contributed by atoms with E-state index in [9.17, 15) is 9.59 Å². The van der Waals surface area contributed by atoms with Crippen molar-refractivity contribution in [3.05, 3.63) is 48.0 Å². The fourth-order valence-corrected chi connectivity index (χ4v) is 3.28. The van der Waals surface area contributed by atoms with Crippen molar-refractivity contribution in [3.8, 4) is 0 Å². The average molecular weight is 327 g/mol. The molecule has 0 radical (unpaired) electrons. The molecule has 1 aromatic rings. The zero-order valence-electron chi connectivity index (χ0n) is 13.9. The minimum atomic E-state index is -0.0347. The van der Waals surface area contributed by atoms with Gasteiger partial charge in [0.05, 0.1) is 0 Å². The third kappa shape index (κ3) is 4.37. The van der Waals surface area contributed by atoms with Crippen LogP contribution >= 0.6 is 0 Å². The Kier molecular flexibility index (Phi) is 5.51. The second-order valence-electron chi connectivity index (χ2n) is 6.53. The number of rotatable bonds is 3. The third-order valence-corrected chi connectivity index (χ3v) is 4.75. The third-order valence-electron chi connectivity index (χ3n) is 4.75. The van der Waals surface area contributed by atoms with E-state index in [2.05, 4.69) is 22.8 Å². The van der Waals surface area contributed by atoms with Crippen molar-refractivity contribution in [1.29, 1.82) is 0 Å². The first kappa shape index (κ1) is 16.6. The van der Waals surface area contributed by atoms with Crippen molar-refractivity contribution in [1.82, 2.24) is 15.5 Å². The summed E-state index contributed by atoms with van der Waals surface area (Å²) in [6.45, 7) is 1.38. The lowest BCUT2D eigenvalue weighted by molar-refractivity contribution is 0.0917. The van der Waals surface area contributed by atoms with Crippen LogP contribution in [0.2, 0.25) is 0 Å².